The molecule has 0 amide bonds. The summed E-state index contributed by atoms with van der Waals surface area (Å²) in [6, 6.07) is 0. The standard InChI is InChI=1S/C11H17N5O3S/c1-6-8(19-7(2)13-6)9-14-15-10(20(12,17)18)16(9)11(3,4)5/h1-5H3,(H2,12,17,18). The molecule has 0 aromatic carbocycles. The van der Waals surface area contributed by atoms with Crippen LogP contribution in [0.1, 0.15) is 32.4 Å². The fourth-order valence-corrected chi connectivity index (χ4v) is 2.71. The molecule has 2 N–H and O–H groups in total. The van der Waals surface area contributed by atoms with Crippen molar-refractivity contribution in [3.05, 3.63) is 11.6 Å². The molecule has 0 aliphatic heterocycles. The van der Waals surface area contributed by atoms with Crippen molar-refractivity contribution in [3.8, 4) is 11.6 Å². The Labute approximate surface area is 117 Å². The molecule has 20 heavy (non-hydrogen) atoms. The highest BCUT2D eigenvalue weighted by Gasteiger charge is 2.31. The maximum atomic E-state index is 11.6. The molecule has 2 rings (SSSR count). The van der Waals surface area contributed by atoms with Crippen LogP contribution in [0.3, 0.4) is 0 Å². The average molecular weight is 299 g/mol. The molecule has 0 spiro atoms. The molecule has 0 saturated heterocycles. The number of aryl methyl sites for hydroxylation is 2. The summed E-state index contributed by atoms with van der Waals surface area (Å²) in [5.74, 6) is 1.15. The number of sulfonamides is 1. The molecule has 2 heterocycles. The fraction of sp³-hybridized carbons (Fsp3) is 0.545. The van der Waals surface area contributed by atoms with Crippen LogP contribution in [0.5, 0.6) is 0 Å². The number of nitrogens with two attached hydrogens (primary N) is 1. The fourth-order valence-electron chi connectivity index (χ4n) is 1.94. The van der Waals surface area contributed by atoms with Crippen LogP contribution in [0.2, 0.25) is 0 Å². The van der Waals surface area contributed by atoms with Crippen LogP contribution in [0.15, 0.2) is 9.57 Å². The van der Waals surface area contributed by atoms with E-state index < -0.39 is 15.6 Å². The van der Waals surface area contributed by atoms with Gasteiger partial charge in [0.05, 0.1) is 5.69 Å². The van der Waals surface area contributed by atoms with E-state index >= 15 is 0 Å². The zero-order chi connectivity index (χ0) is 15.3. The Morgan fingerprint density at radius 2 is 1.80 bits per heavy atom. The molecule has 0 atom stereocenters. The number of hydrogen-bond acceptors (Lipinski definition) is 6. The van der Waals surface area contributed by atoms with Gasteiger partial charge in [-0.05, 0) is 27.7 Å². The second kappa shape index (κ2) is 4.38. The van der Waals surface area contributed by atoms with Gasteiger partial charge in [0, 0.05) is 12.5 Å². The molecule has 8 nitrogen and oxygen atoms in total. The van der Waals surface area contributed by atoms with Gasteiger partial charge in [0.2, 0.25) is 5.82 Å². The van der Waals surface area contributed by atoms with Crippen LogP contribution in [0.25, 0.3) is 11.6 Å². The van der Waals surface area contributed by atoms with Gasteiger partial charge in [-0.1, -0.05) is 0 Å². The van der Waals surface area contributed by atoms with Gasteiger partial charge in [-0.3, -0.25) is 4.57 Å². The molecule has 0 radical (unpaired) electrons. The van der Waals surface area contributed by atoms with Crippen LogP contribution in [-0.2, 0) is 15.6 Å². The van der Waals surface area contributed by atoms with Gasteiger partial charge in [0.25, 0.3) is 15.2 Å². The Kier molecular flexibility index (Phi) is 3.22. The van der Waals surface area contributed by atoms with E-state index in [0.717, 1.165) is 0 Å². The number of oxazole rings is 1. The van der Waals surface area contributed by atoms with Gasteiger partial charge in [0.15, 0.2) is 11.7 Å². The van der Waals surface area contributed by atoms with E-state index in [1.807, 2.05) is 20.8 Å². The number of aromatic nitrogens is 4. The third-order valence-corrected chi connectivity index (χ3v) is 3.44. The monoisotopic (exact) mass is 299 g/mol. The summed E-state index contributed by atoms with van der Waals surface area (Å²) < 4.78 is 30.2. The topological polar surface area (TPSA) is 117 Å². The summed E-state index contributed by atoms with van der Waals surface area (Å²) in [6.07, 6.45) is 0. The molecule has 0 saturated carbocycles. The molecule has 0 unspecified atom stereocenters. The van der Waals surface area contributed by atoms with Crippen molar-refractivity contribution in [3.63, 3.8) is 0 Å². The highest BCUT2D eigenvalue weighted by Crippen LogP contribution is 2.29. The van der Waals surface area contributed by atoms with E-state index in [2.05, 4.69) is 15.2 Å². The van der Waals surface area contributed by atoms with Crippen molar-refractivity contribution < 1.29 is 12.8 Å². The minimum Gasteiger partial charge on any atom is -0.437 e. The molecule has 0 fully saturated rings. The first kappa shape index (κ1) is 14.7. The van der Waals surface area contributed by atoms with Gasteiger partial charge in [-0.2, -0.15) is 0 Å². The molecular weight excluding hydrogens is 282 g/mol. The maximum absolute atomic E-state index is 11.6. The number of nitrogens with zero attached hydrogens (tertiary/aromatic N) is 4. The predicted molar refractivity (Wildman–Crippen MR) is 71.4 cm³/mol. The van der Waals surface area contributed by atoms with Crippen LogP contribution in [0.4, 0.5) is 0 Å². The lowest BCUT2D eigenvalue weighted by atomic mass is 10.1. The van der Waals surface area contributed by atoms with E-state index in [1.165, 1.54) is 4.57 Å². The Bertz CT molecular complexity index is 752. The first-order chi connectivity index (χ1) is 9.01. The summed E-state index contributed by atoms with van der Waals surface area (Å²) in [6.45, 7) is 8.94. The quantitative estimate of drug-likeness (QED) is 0.882. The first-order valence-corrected chi connectivity index (χ1v) is 7.49. The van der Waals surface area contributed by atoms with Crippen molar-refractivity contribution in [1.82, 2.24) is 19.7 Å². The maximum Gasteiger partial charge on any atom is 0.273 e. The minimum atomic E-state index is -3.98. The second-order valence-electron chi connectivity index (χ2n) is 5.50. The number of rotatable bonds is 2. The van der Waals surface area contributed by atoms with E-state index in [1.54, 1.807) is 13.8 Å². The van der Waals surface area contributed by atoms with Crippen molar-refractivity contribution in [2.24, 2.45) is 5.14 Å². The molecule has 0 aliphatic rings. The third kappa shape index (κ3) is 2.46. The summed E-state index contributed by atoms with van der Waals surface area (Å²) in [4.78, 5) is 4.15. The number of primary sulfonamides is 1. The second-order valence-corrected chi connectivity index (χ2v) is 6.96. The molecule has 0 aliphatic carbocycles. The van der Waals surface area contributed by atoms with Gasteiger partial charge in [0.1, 0.15) is 0 Å². The lowest BCUT2D eigenvalue weighted by molar-refractivity contribution is 0.362. The van der Waals surface area contributed by atoms with Gasteiger partial charge < -0.3 is 4.42 Å². The van der Waals surface area contributed by atoms with Crippen molar-refractivity contribution >= 4 is 10.0 Å². The average Bonchev–Trinajstić information content (AvgIpc) is 2.79. The summed E-state index contributed by atoms with van der Waals surface area (Å²) >= 11 is 0. The van der Waals surface area contributed by atoms with Crippen molar-refractivity contribution in [1.29, 1.82) is 0 Å². The van der Waals surface area contributed by atoms with E-state index in [0.29, 0.717) is 23.2 Å². The Balaban J connectivity index is 2.80. The molecule has 2 aromatic rings. The van der Waals surface area contributed by atoms with Crippen LogP contribution >= 0.6 is 0 Å². The van der Waals surface area contributed by atoms with Crippen molar-refractivity contribution in [2.45, 2.75) is 45.3 Å². The molecule has 110 valence electrons. The SMILES string of the molecule is Cc1nc(C)c(-c2nnc(S(N)(=O)=O)n2C(C)(C)C)o1. The molecule has 9 heteroatoms. The normalized spacial score (nSPS) is 12.9. The summed E-state index contributed by atoms with van der Waals surface area (Å²) in [5.41, 5.74) is 0.0228. The predicted octanol–water partition coefficient (Wildman–Crippen LogP) is 0.952. The molecular formula is C11H17N5O3S. The number of hydrogen-bond donors (Lipinski definition) is 1. The van der Waals surface area contributed by atoms with Gasteiger partial charge >= 0.3 is 0 Å². The molecule has 0 bridgehead atoms. The van der Waals surface area contributed by atoms with Crippen LogP contribution < -0.4 is 5.14 Å². The first-order valence-electron chi connectivity index (χ1n) is 5.95. The largest absolute Gasteiger partial charge is 0.437 e. The summed E-state index contributed by atoms with van der Waals surface area (Å²) in [5, 5.41) is 12.5. The molecule has 2 aromatic heterocycles. The minimum absolute atomic E-state index is 0.291. The zero-order valence-electron chi connectivity index (χ0n) is 12.0. The smallest absolute Gasteiger partial charge is 0.273 e. The highest BCUT2D eigenvalue weighted by atomic mass is 32.2. The van der Waals surface area contributed by atoms with E-state index in [4.69, 9.17) is 9.56 Å². The Morgan fingerprint density at radius 1 is 1.20 bits per heavy atom. The highest BCUT2D eigenvalue weighted by molar-refractivity contribution is 7.89. The lowest BCUT2D eigenvalue weighted by Crippen LogP contribution is -2.29. The lowest BCUT2D eigenvalue weighted by Gasteiger charge is -2.23. The van der Waals surface area contributed by atoms with Gasteiger partial charge in [-0.25, -0.2) is 18.5 Å². The van der Waals surface area contributed by atoms with E-state index in [-0.39, 0.29) is 5.16 Å². The van der Waals surface area contributed by atoms with Gasteiger partial charge in [-0.15, -0.1) is 10.2 Å². The Hall–Kier alpha value is -1.74. The van der Waals surface area contributed by atoms with Crippen molar-refractivity contribution in [2.75, 3.05) is 0 Å². The van der Waals surface area contributed by atoms with E-state index in [9.17, 15) is 8.42 Å². The Morgan fingerprint density at radius 3 is 2.20 bits per heavy atom. The van der Waals surface area contributed by atoms with Crippen LogP contribution in [-0.4, -0.2) is 28.2 Å². The summed E-state index contributed by atoms with van der Waals surface area (Å²) in [7, 11) is -3.98. The zero-order valence-corrected chi connectivity index (χ0v) is 12.8. The van der Waals surface area contributed by atoms with Crippen LogP contribution in [0, 0.1) is 13.8 Å². The third-order valence-electron chi connectivity index (χ3n) is 2.67.